The standard InChI is InChI=1S/C10H14BrN.ClH/c1-2-4-10(12)8-5-3-6-9(11)7-8;/h3,5-7,10H,2,4,12H2,1H3;1H/t10-;/m0./s1. The van der Waals surface area contributed by atoms with Gasteiger partial charge in [0.05, 0.1) is 0 Å². The summed E-state index contributed by atoms with van der Waals surface area (Å²) in [6.07, 6.45) is 2.18. The number of halogens is 2. The molecule has 0 fully saturated rings. The van der Waals surface area contributed by atoms with Gasteiger partial charge >= 0.3 is 0 Å². The summed E-state index contributed by atoms with van der Waals surface area (Å²) < 4.78 is 1.10. The molecule has 1 aromatic rings. The summed E-state index contributed by atoms with van der Waals surface area (Å²) >= 11 is 3.43. The van der Waals surface area contributed by atoms with E-state index >= 15 is 0 Å². The molecule has 0 saturated carbocycles. The van der Waals surface area contributed by atoms with Crippen LogP contribution in [0, 0.1) is 0 Å². The lowest BCUT2D eigenvalue weighted by molar-refractivity contribution is 0.638. The second-order valence-corrected chi connectivity index (χ2v) is 3.87. The average molecular weight is 265 g/mol. The molecular formula is C10H15BrClN. The number of benzene rings is 1. The Hall–Kier alpha value is -0.0500. The van der Waals surface area contributed by atoms with Gasteiger partial charge in [0.25, 0.3) is 0 Å². The third kappa shape index (κ3) is 4.12. The van der Waals surface area contributed by atoms with Gasteiger partial charge in [-0.25, -0.2) is 0 Å². The van der Waals surface area contributed by atoms with Gasteiger partial charge in [-0.05, 0) is 24.1 Å². The normalized spacial score (nSPS) is 11.9. The van der Waals surface area contributed by atoms with Crippen molar-refractivity contribution in [3.05, 3.63) is 34.3 Å². The van der Waals surface area contributed by atoms with E-state index in [0.29, 0.717) is 0 Å². The van der Waals surface area contributed by atoms with Crippen molar-refractivity contribution in [2.75, 3.05) is 0 Å². The van der Waals surface area contributed by atoms with Crippen molar-refractivity contribution in [1.82, 2.24) is 0 Å². The Morgan fingerprint density at radius 1 is 1.46 bits per heavy atom. The highest BCUT2D eigenvalue weighted by molar-refractivity contribution is 9.10. The molecule has 0 aliphatic heterocycles. The zero-order valence-electron chi connectivity index (χ0n) is 7.66. The van der Waals surface area contributed by atoms with Gasteiger partial charge in [0.2, 0.25) is 0 Å². The molecule has 1 aromatic carbocycles. The van der Waals surface area contributed by atoms with E-state index in [1.165, 1.54) is 5.56 Å². The Morgan fingerprint density at radius 3 is 2.69 bits per heavy atom. The second-order valence-electron chi connectivity index (χ2n) is 2.95. The third-order valence-electron chi connectivity index (χ3n) is 1.88. The fourth-order valence-electron chi connectivity index (χ4n) is 1.21. The van der Waals surface area contributed by atoms with Gasteiger partial charge in [-0.1, -0.05) is 41.4 Å². The predicted octanol–water partition coefficient (Wildman–Crippen LogP) is 3.67. The highest BCUT2D eigenvalue weighted by Crippen LogP contribution is 2.19. The van der Waals surface area contributed by atoms with E-state index in [1.807, 2.05) is 12.1 Å². The van der Waals surface area contributed by atoms with E-state index in [9.17, 15) is 0 Å². The fraction of sp³-hybridized carbons (Fsp3) is 0.400. The lowest BCUT2D eigenvalue weighted by atomic mass is 10.0. The summed E-state index contributed by atoms with van der Waals surface area (Å²) in [4.78, 5) is 0. The number of rotatable bonds is 3. The number of hydrogen-bond donors (Lipinski definition) is 1. The first kappa shape index (κ1) is 12.9. The van der Waals surface area contributed by atoms with Crippen LogP contribution < -0.4 is 5.73 Å². The van der Waals surface area contributed by atoms with Crippen molar-refractivity contribution in [2.24, 2.45) is 5.73 Å². The Bertz CT molecular complexity index is 252. The first-order valence-corrected chi connectivity index (χ1v) is 5.04. The highest BCUT2D eigenvalue weighted by atomic mass is 79.9. The molecule has 0 heterocycles. The maximum absolute atomic E-state index is 5.95. The Morgan fingerprint density at radius 2 is 2.15 bits per heavy atom. The molecule has 1 atom stereocenters. The quantitative estimate of drug-likeness (QED) is 0.886. The summed E-state index contributed by atoms with van der Waals surface area (Å²) in [6, 6.07) is 8.38. The molecule has 74 valence electrons. The molecule has 3 heteroatoms. The first-order valence-electron chi connectivity index (χ1n) is 4.25. The molecule has 0 aliphatic rings. The van der Waals surface area contributed by atoms with Crippen LogP contribution in [0.1, 0.15) is 31.4 Å². The lowest BCUT2D eigenvalue weighted by Gasteiger charge is -2.10. The van der Waals surface area contributed by atoms with Gasteiger partial charge in [0, 0.05) is 10.5 Å². The average Bonchev–Trinajstić information content (AvgIpc) is 2.05. The van der Waals surface area contributed by atoms with Crippen LogP contribution in [-0.2, 0) is 0 Å². The van der Waals surface area contributed by atoms with Crippen LogP contribution in [0.4, 0.5) is 0 Å². The zero-order chi connectivity index (χ0) is 8.97. The van der Waals surface area contributed by atoms with Crippen molar-refractivity contribution >= 4 is 28.3 Å². The molecule has 0 radical (unpaired) electrons. The summed E-state index contributed by atoms with van der Waals surface area (Å²) in [5.74, 6) is 0. The SMILES string of the molecule is CCC[C@H](N)c1cccc(Br)c1.Cl. The fourth-order valence-corrected chi connectivity index (χ4v) is 1.63. The van der Waals surface area contributed by atoms with Crippen LogP contribution >= 0.6 is 28.3 Å². The topological polar surface area (TPSA) is 26.0 Å². The van der Waals surface area contributed by atoms with Crippen molar-refractivity contribution in [2.45, 2.75) is 25.8 Å². The minimum atomic E-state index is 0. The molecular weight excluding hydrogens is 249 g/mol. The number of nitrogens with two attached hydrogens (primary N) is 1. The van der Waals surface area contributed by atoms with Crippen molar-refractivity contribution in [3.8, 4) is 0 Å². The summed E-state index contributed by atoms with van der Waals surface area (Å²) in [7, 11) is 0. The Kier molecular flexibility index (Phi) is 6.39. The van der Waals surface area contributed by atoms with E-state index < -0.39 is 0 Å². The summed E-state index contributed by atoms with van der Waals surface area (Å²) in [5.41, 5.74) is 7.17. The molecule has 0 bridgehead atoms. The minimum absolute atomic E-state index is 0. The molecule has 0 aromatic heterocycles. The predicted molar refractivity (Wildman–Crippen MR) is 63.2 cm³/mol. The molecule has 0 amide bonds. The Labute approximate surface area is 94.3 Å². The van der Waals surface area contributed by atoms with E-state index in [-0.39, 0.29) is 18.4 Å². The Balaban J connectivity index is 0.00000144. The minimum Gasteiger partial charge on any atom is -0.324 e. The summed E-state index contributed by atoms with van der Waals surface area (Å²) in [5, 5.41) is 0. The third-order valence-corrected chi connectivity index (χ3v) is 2.37. The lowest BCUT2D eigenvalue weighted by Crippen LogP contribution is -2.09. The van der Waals surface area contributed by atoms with E-state index in [2.05, 4.69) is 35.0 Å². The van der Waals surface area contributed by atoms with Gasteiger partial charge in [0.15, 0.2) is 0 Å². The van der Waals surface area contributed by atoms with Crippen molar-refractivity contribution in [1.29, 1.82) is 0 Å². The van der Waals surface area contributed by atoms with Gasteiger partial charge in [-0.15, -0.1) is 12.4 Å². The first-order chi connectivity index (χ1) is 5.74. The molecule has 1 rings (SSSR count). The van der Waals surface area contributed by atoms with Crippen molar-refractivity contribution in [3.63, 3.8) is 0 Å². The monoisotopic (exact) mass is 263 g/mol. The van der Waals surface area contributed by atoms with Crippen LogP contribution in [0.15, 0.2) is 28.7 Å². The van der Waals surface area contributed by atoms with Crippen molar-refractivity contribution < 1.29 is 0 Å². The zero-order valence-corrected chi connectivity index (χ0v) is 10.1. The highest BCUT2D eigenvalue weighted by Gasteiger charge is 2.03. The summed E-state index contributed by atoms with van der Waals surface area (Å²) in [6.45, 7) is 2.15. The van der Waals surface area contributed by atoms with Crippen LogP contribution in [-0.4, -0.2) is 0 Å². The second kappa shape index (κ2) is 6.41. The smallest absolute Gasteiger partial charge is 0.0295 e. The molecule has 0 spiro atoms. The molecule has 0 saturated heterocycles. The largest absolute Gasteiger partial charge is 0.324 e. The van der Waals surface area contributed by atoms with Gasteiger partial charge in [-0.2, -0.15) is 0 Å². The molecule has 0 unspecified atom stereocenters. The molecule has 13 heavy (non-hydrogen) atoms. The maximum Gasteiger partial charge on any atom is 0.0295 e. The van der Waals surface area contributed by atoms with Gasteiger partial charge < -0.3 is 5.73 Å². The van der Waals surface area contributed by atoms with Gasteiger partial charge in [0.1, 0.15) is 0 Å². The van der Waals surface area contributed by atoms with E-state index in [4.69, 9.17) is 5.73 Å². The van der Waals surface area contributed by atoms with Crippen LogP contribution in [0.5, 0.6) is 0 Å². The van der Waals surface area contributed by atoms with E-state index in [0.717, 1.165) is 17.3 Å². The maximum atomic E-state index is 5.95. The van der Waals surface area contributed by atoms with E-state index in [1.54, 1.807) is 0 Å². The van der Waals surface area contributed by atoms with Gasteiger partial charge in [-0.3, -0.25) is 0 Å². The van der Waals surface area contributed by atoms with Crippen LogP contribution in [0.25, 0.3) is 0 Å². The molecule has 2 N–H and O–H groups in total. The molecule has 1 nitrogen and oxygen atoms in total. The van der Waals surface area contributed by atoms with Crippen LogP contribution in [0.3, 0.4) is 0 Å². The number of hydrogen-bond acceptors (Lipinski definition) is 1. The molecule has 0 aliphatic carbocycles. The van der Waals surface area contributed by atoms with Crippen LogP contribution in [0.2, 0.25) is 0 Å².